The summed E-state index contributed by atoms with van der Waals surface area (Å²) in [4.78, 5) is 23.6. The van der Waals surface area contributed by atoms with Gasteiger partial charge in [0.05, 0.1) is 12.5 Å². The summed E-state index contributed by atoms with van der Waals surface area (Å²) in [6.45, 7) is 7.97. The minimum absolute atomic E-state index is 0.0573. The minimum Gasteiger partial charge on any atom is -0.466 e. The van der Waals surface area contributed by atoms with Gasteiger partial charge in [0.25, 0.3) is 0 Å². The van der Waals surface area contributed by atoms with Gasteiger partial charge in [-0.15, -0.1) is 0 Å². The molecule has 0 amide bonds. The Labute approximate surface area is 96.9 Å². The summed E-state index contributed by atoms with van der Waals surface area (Å²) in [5.74, 6) is -0.173. The van der Waals surface area contributed by atoms with Gasteiger partial charge in [0.1, 0.15) is 0 Å². The fraction of sp³-hybridized carbons (Fsp3) is 0.692. The molecule has 0 bridgehead atoms. The summed E-state index contributed by atoms with van der Waals surface area (Å²) < 4.78 is 5.07. The Morgan fingerprint density at radius 2 is 2.06 bits per heavy atom. The van der Waals surface area contributed by atoms with Gasteiger partial charge in [-0.05, 0) is 31.8 Å². The first-order valence-electron chi connectivity index (χ1n) is 5.92. The number of Topliss-reactive ketones (excluding diaryl/α,β-unsaturated/α-hetero) is 1. The topological polar surface area (TPSA) is 43.4 Å². The van der Waals surface area contributed by atoms with E-state index in [-0.39, 0.29) is 23.6 Å². The van der Waals surface area contributed by atoms with E-state index < -0.39 is 0 Å². The molecule has 0 aromatic carbocycles. The zero-order valence-corrected chi connectivity index (χ0v) is 10.5. The fourth-order valence-corrected chi connectivity index (χ4v) is 2.49. The summed E-state index contributed by atoms with van der Waals surface area (Å²) in [5.41, 5.74) is 1.72. The van der Waals surface area contributed by atoms with E-state index in [1.165, 1.54) is 0 Å². The molecule has 0 fully saturated rings. The fourth-order valence-electron chi connectivity index (χ4n) is 2.49. The molecule has 16 heavy (non-hydrogen) atoms. The Kier molecular flexibility index (Phi) is 4.27. The smallest absolute Gasteiger partial charge is 0.313 e. The van der Waals surface area contributed by atoms with Gasteiger partial charge in [-0.25, -0.2) is 0 Å². The van der Waals surface area contributed by atoms with Crippen LogP contribution in [-0.4, -0.2) is 18.4 Å². The molecule has 0 N–H and O–H groups in total. The highest BCUT2D eigenvalue weighted by Gasteiger charge is 2.36. The van der Waals surface area contributed by atoms with Gasteiger partial charge in [-0.3, -0.25) is 9.59 Å². The van der Waals surface area contributed by atoms with Crippen LogP contribution in [0.25, 0.3) is 0 Å². The van der Waals surface area contributed by atoms with E-state index in [1.54, 1.807) is 6.92 Å². The molecule has 0 aromatic rings. The molecule has 0 heterocycles. The molecule has 3 heteroatoms. The second kappa shape index (κ2) is 5.28. The molecule has 1 aliphatic rings. The first-order valence-corrected chi connectivity index (χ1v) is 5.92. The lowest BCUT2D eigenvalue weighted by molar-refractivity contribution is -0.148. The second-order valence-corrected chi connectivity index (χ2v) is 4.35. The predicted octanol–water partition coefficient (Wildman–Crippen LogP) is 2.50. The number of carbonyl (C=O) groups is 2. The van der Waals surface area contributed by atoms with Gasteiger partial charge in [-0.1, -0.05) is 19.4 Å². The van der Waals surface area contributed by atoms with Crippen molar-refractivity contribution in [2.45, 2.75) is 40.5 Å². The van der Waals surface area contributed by atoms with E-state index in [0.29, 0.717) is 19.4 Å². The maximum Gasteiger partial charge on any atom is 0.313 e. The van der Waals surface area contributed by atoms with Crippen molar-refractivity contribution in [3.05, 3.63) is 11.1 Å². The summed E-state index contributed by atoms with van der Waals surface area (Å²) in [5, 5.41) is 0. The Morgan fingerprint density at radius 1 is 1.44 bits per heavy atom. The molecular weight excluding hydrogens is 204 g/mol. The van der Waals surface area contributed by atoms with Crippen LogP contribution in [0.3, 0.4) is 0 Å². The quantitative estimate of drug-likeness (QED) is 0.692. The van der Waals surface area contributed by atoms with Gasteiger partial charge in [-0.2, -0.15) is 0 Å². The van der Waals surface area contributed by atoms with Crippen molar-refractivity contribution >= 4 is 11.8 Å². The van der Waals surface area contributed by atoms with Gasteiger partial charge < -0.3 is 4.74 Å². The number of esters is 1. The lowest BCUT2D eigenvalue weighted by Gasteiger charge is -2.29. The van der Waals surface area contributed by atoms with Crippen LogP contribution in [0, 0.1) is 11.8 Å². The summed E-state index contributed by atoms with van der Waals surface area (Å²) in [6.07, 6.45) is 1.16. The van der Waals surface area contributed by atoms with Crippen LogP contribution >= 0.6 is 0 Å². The van der Waals surface area contributed by atoms with Crippen molar-refractivity contribution in [3.8, 4) is 0 Å². The highest BCUT2D eigenvalue weighted by atomic mass is 16.5. The van der Waals surface area contributed by atoms with E-state index in [1.807, 2.05) is 20.8 Å². The van der Waals surface area contributed by atoms with Gasteiger partial charge >= 0.3 is 5.97 Å². The Bertz CT molecular complexity index is 328. The SMILES string of the molecule is CCOC(=O)[C@@H]1C(C)=C(CC)C(=O)C[C@H]1C. The minimum atomic E-state index is -0.229. The Hall–Kier alpha value is -1.12. The highest BCUT2D eigenvalue weighted by Crippen LogP contribution is 2.34. The summed E-state index contributed by atoms with van der Waals surface area (Å²) >= 11 is 0. The molecular formula is C13H20O3. The lowest BCUT2D eigenvalue weighted by Crippen LogP contribution is -2.32. The van der Waals surface area contributed by atoms with Gasteiger partial charge in [0.2, 0.25) is 0 Å². The number of rotatable bonds is 3. The molecule has 90 valence electrons. The van der Waals surface area contributed by atoms with Crippen molar-refractivity contribution in [3.63, 3.8) is 0 Å². The zero-order chi connectivity index (χ0) is 12.3. The number of hydrogen-bond donors (Lipinski definition) is 0. The Balaban J connectivity index is 3.02. The van der Waals surface area contributed by atoms with Crippen LogP contribution in [0.5, 0.6) is 0 Å². The molecule has 1 aliphatic carbocycles. The summed E-state index contributed by atoms with van der Waals surface area (Å²) in [6, 6.07) is 0. The molecule has 0 saturated heterocycles. The molecule has 3 nitrogen and oxygen atoms in total. The van der Waals surface area contributed by atoms with Crippen LogP contribution in [0.15, 0.2) is 11.1 Å². The Morgan fingerprint density at radius 3 is 2.56 bits per heavy atom. The van der Waals surface area contributed by atoms with Crippen molar-refractivity contribution in [1.82, 2.24) is 0 Å². The predicted molar refractivity (Wildman–Crippen MR) is 61.9 cm³/mol. The van der Waals surface area contributed by atoms with Crippen molar-refractivity contribution in [2.75, 3.05) is 6.61 Å². The molecule has 0 spiro atoms. The van der Waals surface area contributed by atoms with Crippen LogP contribution in [0.2, 0.25) is 0 Å². The molecule has 1 rings (SSSR count). The lowest BCUT2D eigenvalue weighted by atomic mass is 9.75. The first-order chi connectivity index (χ1) is 7.52. The largest absolute Gasteiger partial charge is 0.466 e. The molecule has 2 atom stereocenters. The zero-order valence-electron chi connectivity index (χ0n) is 10.5. The third-order valence-electron chi connectivity index (χ3n) is 3.25. The van der Waals surface area contributed by atoms with E-state index in [9.17, 15) is 9.59 Å². The standard InChI is InChI=1S/C13H20O3/c1-5-10-9(4)12(13(15)16-6-2)8(3)7-11(10)14/h8,12H,5-7H2,1-4H3/t8-,12+/m1/s1. The van der Waals surface area contributed by atoms with Crippen molar-refractivity contribution < 1.29 is 14.3 Å². The van der Waals surface area contributed by atoms with Crippen molar-refractivity contribution in [2.24, 2.45) is 11.8 Å². The van der Waals surface area contributed by atoms with E-state index in [2.05, 4.69) is 0 Å². The third-order valence-corrected chi connectivity index (χ3v) is 3.25. The molecule has 0 radical (unpaired) electrons. The number of carbonyl (C=O) groups excluding carboxylic acids is 2. The van der Waals surface area contributed by atoms with Crippen LogP contribution in [-0.2, 0) is 14.3 Å². The first kappa shape index (κ1) is 12.9. The number of allylic oxidation sites excluding steroid dienone is 1. The average molecular weight is 224 g/mol. The molecule has 0 aromatic heterocycles. The highest BCUT2D eigenvalue weighted by molar-refractivity contribution is 5.99. The van der Waals surface area contributed by atoms with Gasteiger partial charge in [0, 0.05) is 6.42 Å². The maximum absolute atomic E-state index is 11.8. The van der Waals surface area contributed by atoms with Crippen LogP contribution in [0.4, 0.5) is 0 Å². The van der Waals surface area contributed by atoms with Crippen molar-refractivity contribution in [1.29, 1.82) is 0 Å². The maximum atomic E-state index is 11.8. The number of hydrogen-bond acceptors (Lipinski definition) is 3. The third kappa shape index (κ3) is 2.34. The van der Waals surface area contributed by atoms with E-state index in [4.69, 9.17) is 4.74 Å². The average Bonchev–Trinajstić information content (AvgIpc) is 2.17. The van der Waals surface area contributed by atoms with E-state index in [0.717, 1.165) is 11.1 Å². The normalized spacial score (nSPS) is 25.9. The molecule has 0 saturated carbocycles. The molecule has 0 unspecified atom stereocenters. The van der Waals surface area contributed by atoms with Crippen LogP contribution in [0.1, 0.15) is 40.5 Å². The number of ether oxygens (including phenoxy) is 1. The summed E-state index contributed by atoms with van der Waals surface area (Å²) in [7, 11) is 0. The van der Waals surface area contributed by atoms with Gasteiger partial charge in [0.15, 0.2) is 5.78 Å². The number of ketones is 1. The van der Waals surface area contributed by atoms with E-state index >= 15 is 0 Å². The van der Waals surface area contributed by atoms with Crippen LogP contribution < -0.4 is 0 Å². The second-order valence-electron chi connectivity index (χ2n) is 4.35. The monoisotopic (exact) mass is 224 g/mol. The molecule has 0 aliphatic heterocycles.